The molecule has 22 heavy (non-hydrogen) atoms. The molecule has 0 saturated heterocycles. The SMILES string of the molecule is NS(=O)(=O)N1Cc2n[nH]c(NC(=O)c3cccc(F)c3)c2C1. The molecule has 0 saturated carbocycles. The minimum Gasteiger partial charge on any atom is -0.307 e. The van der Waals surface area contributed by atoms with Gasteiger partial charge in [0.15, 0.2) is 0 Å². The molecule has 0 spiro atoms. The van der Waals surface area contributed by atoms with E-state index in [4.69, 9.17) is 5.14 Å². The van der Waals surface area contributed by atoms with Crippen LogP contribution in [0.15, 0.2) is 24.3 Å². The Labute approximate surface area is 125 Å². The molecule has 3 rings (SSSR count). The summed E-state index contributed by atoms with van der Waals surface area (Å²) in [6.45, 7) is 0.0595. The Morgan fingerprint density at radius 1 is 1.41 bits per heavy atom. The molecule has 116 valence electrons. The van der Waals surface area contributed by atoms with Crippen LogP contribution in [0, 0.1) is 5.82 Å². The highest BCUT2D eigenvalue weighted by atomic mass is 32.2. The van der Waals surface area contributed by atoms with Crippen LogP contribution in [0.25, 0.3) is 0 Å². The van der Waals surface area contributed by atoms with Crippen LogP contribution >= 0.6 is 0 Å². The summed E-state index contributed by atoms with van der Waals surface area (Å²) in [6.07, 6.45) is 0. The van der Waals surface area contributed by atoms with Crippen molar-refractivity contribution in [2.45, 2.75) is 13.1 Å². The van der Waals surface area contributed by atoms with Gasteiger partial charge < -0.3 is 5.32 Å². The number of nitrogens with one attached hydrogen (secondary N) is 2. The summed E-state index contributed by atoms with van der Waals surface area (Å²) >= 11 is 0. The number of aromatic nitrogens is 2. The minimum atomic E-state index is -3.83. The van der Waals surface area contributed by atoms with Crippen molar-refractivity contribution < 1.29 is 17.6 Å². The Morgan fingerprint density at radius 2 is 2.18 bits per heavy atom. The molecule has 4 N–H and O–H groups in total. The molecule has 1 aromatic heterocycles. The molecule has 10 heteroatoms. The van der Waals surface area contributed by atoms with E-state index in [-0.39, 0.29) is 24.5 Å². The number of nitrogens with two attached hydrogens (primary N) is 1. The number of H-pyrrole nitrogens is 1. The van der Waals surface area contributed by atoms with Crippen LogP contribution in [0.3, 0.4) is 0 Å². The first-order valence-electron chi connectivity index (χ1n) is 6.25. The van der Waals surface area contributed by atoms with E-state index >= 15 is 0 Å². The average Bonchev–Trinajstić information content (AvgIpc) is 3.00. The van der Waals surface area contributed by atoms with Crippen LogP contribution < -0.4 is 10.5 Å². The fourth-order valence-corrected chi connectivity index (χ4v) is 2.81. The van der Waals surface area contributed by atoms with Gasteiger partial charge in [-0.25, -0.2) is 9.53 Å². The lowest BCUT2D eigenvalue weighted by molar-refractivity contribution is 0.102. The van der Waals surface area contributed by atoms with Crippen molar-refractivity contribution in [3.63, 3.8) is 0 Å². The Balaban J connectivity index is 1.81. The summed E-state index contributed by atoms with van der Waals surface area (Å²) in [4.78, 5) is 12.1. The lowest BCUT2D eigenvalue weighted by Gasteiger charge is -2.11. The Kier molecular flexibility index (Phi) is 3.43. The number of fused-ring (bicyclic) bond motifs is 1. The highest BCUT2D eigenvalue weighted by Gasteiger charge is 2.31. The molecule has 1 aliphatic heterocycles. The second-order valence-electron chi connectivity index (χ2n) is 4.80. The second-order valence-corrected chi connectivity index (χ2v) is 6.35. The highest BCUT2D eigenvalue weighted by molar-refractivity contribution is 7.86. The summed E-state index contributed by atoms with van der Waals surface area (Å²) in [5.74, 6) is -0.779. The van der Waals surface area contributed by atoms with Gasteiger partial charge in [0, 0.05) is 17.7 Å². The molecule has 0 fully saturated rings. The van der Waals surface area contributed by atoms with E-state index in [0.717, 1.165) is 10.4 Å². The maximum Gasteiger partial charge on any atom is 0.277 e. The van der Waals surface area contributed by atoms with Crippen LogP contribution in [0.4, 0.5) is 10.2 Å². The standard InChI is InChI=1S/C12H12FN5O3S/c13-8-3-1-2-7(4-8)12(19)15-11-9-5-18(22(14,20)21)6-10(9)16-17-11/h1-4H,5-6H2,(H2,14,20,21)(H2,15,16,17,19). The first-order chi connectivity index (χ1) is 10.3. The van der Waals surface area contributed by atoms with Crippen LogP contribution in [0.1, 0.15) is 21.6 Å². The van der Waals surface area contributed by atoms with Crippen molar-refractivity contribution in [2.24, 2.45) is 5.14 Å². The summed E-state index contributed by atoms with van der Waals surface area (Å²) in [6, 6.07) is 5.22. The lowest BCUT2D eigenvalue weighted by atomic mass is 10.2. The van der Waals surface area contributed by atoms with Gasteiger partial charge >= 0.3 is 0 Å². The molecule has 2 aromatic rings. The summed E-state index contributed by atoms with van der Waals surface area (Å²) in [7, 11) is -3.83. The van der Waals surface area contributed by atoms with E-state index in [1.165, 1.54) is 18.2 Å². The summed E-state index contributed by atoms with van der Waals surface area (Å²) < 4.78 is 36.8. The van der Waals surface area contributed by atoms with Gasteiger partial charge in [-0.3, -0.25) is 9.89 Å². The molecule has 0 bridgehead atoms. The third-order valence-electron chi connectivity index (χ3n) is 3.30. The van der Waals surface area contributed by atoms with Gasteiger partial charge in [-0.05, 0) is 18.2 Å². The third-order valence-corrected chi connectivity index (χ3v) is 4.28. The molecular weight excluding hydrogens is 313 g/mol. The summed E-state index contributed by atoms with van der Waals surface area (Å²) in [5, 5.41) is 14.2. The first kappa shape index (κ1) is 14.6. The van der Waals surface area contributed by atoms with Gasteiger partial charge in [0.05, 0.1) is 12.2 Å². The smallest absolute Gasteiger partial charge is 0.277 e. The number of anilines is 1. The molecule has 0 unspecified atom stereocenters. The van der Waals surface area contributed by atoms with Crippen LogP contribution in [0.2, 0.25) is 0 Å². The van der Waals surface area contributed by atoms with E-state index < -0.39 is 21.9 Å². The zero-order chi connectivity index (χ0) is 15.9. The van der Waals surface area contributed by atoms with E-state index in [0.29, 0.717) is 11.3 Å². The fourth-order valence-electron chi connectivity index (χ4n) is 2.20. The van der Waals surface area contributed by atoms with Crippen molar-refractivity contribution in [2.75, 3.05) is 5.32 Å². The number of amides is 1. The lowest BCUT2D eigenvalue weighted by Crippen LogP contribution is -2.32. The number of hydrogen-bond acceptors (Lipinski definition) is 4. The topological polar surface area (TPSA) is 121 Å². The highest BCUT2D eigenvalue weighted by Crippen LogP contribution is 2.28. The Hall–Kier alpha value is -2.30. The van der Waals surface area contributed by atoms with Gasteiger partial charge in [0.25, 0.3) is 16.1 Å². The summed E-state index contributed by atoms with van der Waals surface area (Å²) in [5.41, 5.74) is 1.17. The first-order valence-corrected chi connectivity index (χ1v) is 7.76. The monoisotopic (exact) mass is 325 g/mol. The minimum absolute atomic E-state index is 0.0173. The average molecular weight is 325 g/mol. The molecule has 2 heterocycles. The number of carbonyl (C=O) groups is 1. The number of rotatable bonds is 3. The molecule has 0 radical (unpaired) electrons. The van der Waals surface area contributed by atoms with Gasteiger partial charge in [-0.2, -0.15) is 17.8 Å². The molecule has 1 aromatic carbocycles. The van der Waals surface area contributed by atoms with Crippen LogP contribution in [0.5, 0.6) is 0 Å². The van der Waals surface area contributed by atoms with Crippen LogP contribution in [-0.2, 0) is 23.3 Å². The van der Waals surface area contributed by atoms with E-state index in [2.05, 4.69) is 15.5 Å². The Morgan fingerprint density at radius 3 is 2.86 bits per heavy atom. The van der Waals surface area contributed by atoms with E-state index in [1.807, 2.05) is 0 Å². The number of halogens is 1. The van der Waals surface area contributed by atoms with Crippen molar-refractivity contribution in [3.05, 3.63) is 46.9 Å². The maximum atomic E-state index is 13.1. The number of benzene rings is 1. The molecule has 8 nitrogen and oxygen atoms in total. The fraction of sp³-hybridized carbons (Fsp3) is 0.167. The molecule has 1 aliphatic rings. The predicted octanol–water partition coefficient (Wildman–Crippen LogP) is 0.320. The van der Waals surface area contributed by atoms with Gasteiger partial charge in [0.1, 0.15) is 11.6 Å². The van der Waals surface area contributed by atoms with Gasteiger partial charge in [-0.15, -0.1) is 0 Å². The van der Waals surface area contributed by atoms with Crippen molar-refractivity contribution >= 4 is 21.9 Å². The number of hydrogen-bond donors (Lipinski definition) is 3. The van der Waals surface area contributed by atoms with Gasteiger partial charge in [-0.1, -0.05) is 6.07 Å². The van der Waals surface area contributed by atoms with Crippen molar-refractivity contribution in [1.82, 2.24) is 14.5 Å². The second kappa shape index (κ2) is 5.16. The zero-order valence-electron chi connectivity index (χ0n) is 11.2. The number of nitrogens with zero attached hydrogens (tertiary/aromatic N) is 2. The third kappa shape index (κ3) is 2.71. The quantitative estimate of drug-likeness (QED) is 0.752. The maximum absolute atomic E-state index is 13.1. The number of carbonyl (C=O) groups excluding carboxylic acids is 1. The predicted molar refractivity (Wildman–Crippen MR) is 75.3 cm³/mol. The number of aromatic amines is 1. The van der Waals surface area contributed by atoms with Crippen molar-refractivity contribution in [3.8, 4) is 0 Å². The van der Waals surface area contributed by atoms with Gasteiger partial charge in [0.2, 0.25) is 0 Å². The molecule has 1 amide bonds. The molecule has 0 aliphatic carbocycles. The normalized spacial score (nSPS) is 14.8. The zero-order valence-corrected chi connectivity index (χ0v) is 12.0. The van der Waals surface area contributed by atoms with E-state index in [1.54, 1.807) is 0 Å². The van der Waals surface area contributed by atoms with Crippen molar-refractivity contribution in [1.29, 1.82) is 0 Å². The molecular formula is C12H12FN5O3S. The largest absolute Gasteiger partial charge is 0.307 e. The van der Waals surface area contributed by atoms with Crippen LogP contribution in [-0.4, -0.2) is 28.8 Å². The Bertz CT molecular complexity index is 848. The molecule has 0 atom stereocenters. The van der Waals surface area contributed by atoms with E-state index in [9.17, 15) is 17.6 Å².